The van der Waals surface area contributed by atoms with Crippen molar-refractivity contribution in [3.63, 3.8) is 0 Å². The molecule has 0 saturated carbocycles. The third-order valence-electron chi connectivity index (χ3n) is 3.62. The van der Waals surface area contributed by atoms with Crippen molar-refractivity contribution in [3.8, 4) is 5.75 Å². The summed E-state index contributed by atoms with van der Waals surface area (Å²) < 4.78 is 5.13. The van der Waals surface area contributed by atoms with Gasteiger partial charge in [0.15, 0.2) is 0 Å². The van der Waals surface area contributed by atoms with Crippen molar-refractivity contribution in [2.24, 2.45) is 0 Å². The SMILES string of the molecule is COc1ccc2c(c1)C(=O)N[C@H]2CC(=O)NCc1cccs1. The van der Waals surface area contributed by atoms with Crippen LogP contribution in [0.4, 0.5) is 0 Å². The molecule has 1 aliphatic rings. The fourth-order valence-corrected chi connectivity index (χ4v) is 3.14. The molecule has 3 rings (SSSR count). The van der Waals surface area contributed by atoms with Crippen molar-refractivity contribution >= 4 is 23.2 Å². The van der Waals surface area contributed by atoms with Gasteiger partial charge < -0.3 is 15.4 Å². The van der Waals surface area contributed by atoms with E-state index in [0.29, 0.717) is 17.9 Å². The standard InChI is InChI=1S/C16H16N2O3S/c1-21-10-4-5-12-13(7-10)16(20)18-14(12)8-15(19)17-9-11-3-2-6-22-11/h2-7,14H,8-9H2,1H3,(H,17,19)(H,18,20)/t14-/m0/s1. The zero-order valence-corrected chi connectivity index (χ0v) is 12.9. The molecule has 0 unspecified atom stereocenters. The summed E-state index contributed by atoms with van der Waals surface area (Å²) >= 11 is 1.60. The van der Waals surface area contributed by atoms with E-state index in [2.05, 4.69) is 10.6 Å². The minimum absolute atomic E-state index is 0.0811. The molecule has 0 radical (unpaired) electrons. The number of benzene rings is 1. The van der Waals surface area contributed by atoms with Gasteiger partial charge in [-0.3, -0.25) is 9.59 Å². The predicted molar refractivity (Wildman–Crippen MR) is 84.0 cm³/mol. The van der Waals surface area contributed by atoms with Gasteiger partial charge in [-0.25, -0.2) is 0 Å². The van der Waals surface area contributed by atoms with E-state index in [1.54, 1.807) is 30.6 Å². The molecule has 2 heterocycles. The minimum atomic E-state index is -0.281. The van der Waals surface area contributed by atoms with Gasteiger partial charge in [-0.15, -0.1) is 11.3 Å². The number of carbonyl (C=O) groups is 2. The smallest absolute Gasteiger partial charge is 0.252 e. The van der Waals surface area contributed by atoms with Crippen LogP contribution in [0.3, 0.4) is 0 Å². The third-order valence-corrected chi connectivity index (χ3v) is 4.49. The van der Waals surface area contributed by atoms with Crippen molar-refractivity contribution in [2.45, 2.75) is 19.0 Å². The lowest BCUT2D eigenvalue weighted by molar-refractivity contribution is -0.121. The summed E-state index contributed by atoms with van der Waals surface area (Å²) in [5.41, 5.74) is 1.42. The lowest BCUT2D eigenvalue weighted by Crippen LogP contribution is -2.28. The summed E-state index contributed by atoms with van der Waals surface area (Å²) in [6, 6.07) is 8.99. The van der Waals surface area contributed by atoms with Crippen molar-refractivity contribution in [1.82, 2.24) is 10.6 Å². The highest BCUT2D eigenvalue weighted by Crippen LogP contribution is 2.30. The maximum Gasteiger partial charge on any atom is 0.252 e. The molecule has 0 fully saturated rings. The molecular formula is C16H16N2O3S. The van der Waals surface area contributed by atoms with E-state index in [9.17, 15) is 9.59 Å². The van der Waals surface area contributed by atoms with Crippen molar-refractivity contribution < 1.29 is 14.3 Å². The molecule has 2 aromatic rings. The summed E-state index contributed by atoms with van der Waals surface area (Å²) in [5.74, 6) is 0.393. The third kappa shape index (κ3) is 2.96. The molecule has 0 saturated heterocycles. The Hall–Kier alpha value is -2.34. The van der Waals surface area contributed by atoms with Crippen molar-refractivity contribution in [3.05, 3.63) is 51.7 Å². The Morgan fingerprint density at radius 3 is 3.00 bits per heavy atom. The summed E-state index contributed by atoms with van der Waals surface area (Å²) in [5, 5.41) is 7.69. The van der Waals surface area contributed by atoms with E-state index in [-0.39, 0.29) is 24.3 Å². The monoisotopic (exact) mass is 316 g/mol. The molecule has 0 bridgehead atoms. The van der Waals surface area contributed by atoms with Gasteiger partial charge in [0.1, 0.15) is 5.75 Å². The lowest BCUT2D eigenvalue weighted by Gasteiger charge is -2.12. The van der Waals surface area contributed by atoms with Gasteiger partial charge in [-0.1, -0.05) is 12.1 Å². The number of rotatable bonds is 5. The van der Waals surface area contributed by atoms with E-state index in [1.165, 1.54) is 0 Å². The van der Waals surface area contributed by atoms with Crippen LogP contribution in [0.1, 0.15) is 33.3 Å². The van der Waals surface area contributed by atoms with Crippen LogP contribution in [-0.2, 0) is 11.3 Å². The number of hydrogen-bond donors (Lipinski definition) is 2. The molecule has 2 N–H and O–H groups in total. The normalized spacial score (nSPS) is 16.0. The maximum atomic E-state index is 12.1. The molecule has 2 amide bonds. The second-order valence-corrected chi connectivity index (χ2v) is 6.07. The lowest BCUT2D eigenvalue weighted by atomic mass is 10.0. The number of ether oxygens (including phenoxy) is 1. The quantitative estimate of drug-likeness (QED) is 0.889. The van der Waals surface area contributed by atoms with Crippen molar-refractivity contribution in [2.75, 3.05) is 7.11 Å². The van der Waals surface area contributed by atoms with Crippen molar-refractivity contribution in [1.29, 1.82) is 0 Å². The minimum Gasteiger partial charge on any atom is -0.497 e. The van der Waals surface area contributed by atoms with E-state index in [1.807, 2.05) is 23.6 Å². The maximum absolute atomic E-state index is 12.1. The Labute approximate surface area is 132 Å². The summed E-state index contributed by atoms with van der Waals surface area (Å²) in [6.45, 7) is 0.520. The van der Waals surface area contributed by atoms with E-state index < -0.39 is 0 Å². The molecule has 1 atom stereocenters. The number of thiophene rings is 1. The van der Waals surface area contributed by atoms with Gasteiger partial charge in [-0.05, 0) is 29.1 Å². The Morgan fingerprint density at radius 2 is 2.27 bits per heavy atom. The Bertz CT molecular complexity index is 697. The Kier molecular flexibility index (Phi) is 4.11. The summed E-state index contributed by atoms with van der Waals surface area (Å²) in [6.07, 6.45) is 0.233. The predicted octanol–water partition coefficient (Wildman–Crippen LogP) is 2.25. The van der Waals surface area contributed by atoms with Crippen LogP contribution >= 0.6 is 11.3 Å². The molecule has 6 heteroatoms. The second-order valence-electron chi connectivity index (χ2n) is 5.04. The molecule has 5 nitrogen and oxygen atoms in total. The number of amides is 2. The van der Waals surface area contributed by atoms with E-state index in [0.717, 1.165) is 10.4 Å². The van der Waals surface area contributed by atoms with Crippen LogP contribution in [0.15, 0.2) is 35.7 Å². The van der Waals surface area contributed by atoms with Gasteiger partial charge in [-0.2, -0.15) is 0 Å². The second kappa shape index (κ2) is 6.19. The molecule has 1 aromatic carbocycles. The topological polar surface area (TPSA) is 67.4 Å². The highest BCUT2D eigenvalue weighted by atomic mass is 32.1. The van der Waals surface area contributed by atoms with Crippen LogP contribution in [0.5, 0.6) is 5.75 Å². The fraction of sp³-hybridized carbons (Fsp3) is 0.250. The van der Waals surface area contributed by atoms with Crippen LogP contribution in [0, 0.1) is 0 Å². The van der Waals surface area contributed by atoms with Crippen LogP contribution in [0.2, 0.25) is 0 Å². The van der Waals surface area contributed by atoms with Gasteiger partial charge in [0.2, 0.25) is 5.91 Å². The first kappa shape index (κ1) is 14.6. The fourth-order valence-electron chi connectivity index (χ4n) is 2.49. The number of hydrogen-bond acceptors (Lipinski definition) is 4. The molecule has 0 aliphatic carbocycles. The first-order valence-corrected chi connectivity index (χ1v) is 7.83. The van der Waals surface area contributed by atoms with Crippen LogP contribution in [-0.4, -0.2) is 18.9 Å². The van der Waals surface area contributed by atoms with Gasteiger partial charge in [0.25, 0.3) is 5.91 Å². The summed E-state index contributed by atoms with van der Waals surface area (Å²) in [7, 11) is 1.56. The number of fused-ring (bicyclic) bond motifs is 1. The summed E-state index contributed by atoms with van der Waals surface area (Å²) in [4.78, 5) is 25.1. The zero-order chi connectivity index (χ0) is 15.5. The van der Waals surface area contributed by atoms with Gasteiger partial charge >= 0.3 is 0 Å². The number of carbonyl (C=O) groups excluding carboxylic acids is 2. The molecule has 1 aliphatic heterocycles. The molecule has 1 aromatic heterocycles. The van der Waals surface area contributed by atoms with E-state index in [4.69, 9.17) is 4.74 Å². The number of methoxy groups -OCH3 is 1. The molecule has 114 valence electrons. The van der Waals surface area contributed by atoms with E-state index >= 15 is 0 Å². The Balaban J connectivity index is 1.65. The average Bonchev–Trinajstić information content (AvgIpc) is 3.14. The largest absolute Gasteiger partial charge is 0.497 e. The van der Waals surface area contributed by atoms with Crippen LogP contribution in [0.25, 0.3) is 0 Å². The number of nitrogens with one attached hydrogen (secondary N) is 2. The van der Waals surface area contributed by atoms with Gasteiger partial charge in [0, 0.05) is 10.4 Å². The first-order chi connectivity index (χ1) is 10.7. The Morgan fingerprint density at radius 1 is 1.41 bits per heavy atom. The van der Waals surface area contributed by atoms with Gasteiger partial charge in [0.05, 0.1) is 26.1 Å². The van der Waals surface area contributed by atoms with Crippen LogP contribution < -0.4 is 15.4 Å². The molecular weight excluding hydrogens is 300 g/mol. The highest BCUT2D eigenvalue weighted by molar-refractivity contribution is 7.09. The first-order valence-electron chi connectivity index (χ1n) is 6.95. The molecule has 22 heavy (non-hydrogen) atoms. The average molecular weight is 316 g/mol. The highest BCUT2D eigenvalue weighted by Gasteiger charge is 2.30. The zero-order valence-electron chi connectivity index (χ0n) is 12.1. The molecule has 0 spiro atoms.